The van der Waals surface area contributed by atoms with Gasteiger partial charge < -0.3 is 15.4 Å². The third kappa shape index (κ3) is 4.62. The number of hydrogen-bond acceptors (Lipinski definition) is 6. The Morgan fingerprint density at radius 3 is 2.50 bits per heavy atom. The summed E-state index contributed by atoms with van der Waals surface area (Å²) >= 11 is 1.41. The molecule has 2 amide bonds. The molecule has 32 heavy (non-hydrogen) atoms. The van der Waals surface area contributed by atoms with Crippen LogP contribution in [0.5, 0.6) is 5.75 Å². The Labute approximate surface area is 191 Å². The zero-order valence-electron chi connectivity index (χ0n) is 17.8. The van der Waals surface area contributed by atoms with Crippen molar-refractivity contribution in [2.45, 2.75) is 34.8 Å². The van der Waals surface area contributed by atoms with Crippen molar-refractivity contribution in [2.24, 2.45) is 5.92 Å². The van der Waals surface area contributed by atoms with Crippen LogP contribution in [-0.2, 0) is 19.6 Å². The number of carbonyl (C=O) groups excluding carboxylic acids is 2. The first kappa shape index (κ1) is 22.6. The van der Waals surface area contributed by atoms with Crippen molar-refractivity contribution in [2.75, 3.05) is 30.8 Å². The van der Waals surface area contributed by atoms with Crippen molar-refractivity contribution in [1.82, 2.24) is 4.31 Å². The molecule has 0 radical (unpaired) electrons. The summed E-state index contributed by atoms with van der Waals surface area (Å²) in [7, 11) is -2.14. The van der Waals surface area contributed by atoms with Crippen LogP contribution in [0.25, 0.3) is 0 Å². The first-order chi connectivity index (χ1) is 15.3. The van der Waals surface area contributed by atoms with Gasteiger partial charge in [-0.2, -0.15) is 4.31 Å². The van der Waals surface area contributed by atoms with Gasteiger partial charge >= 0.3 is 0 Å². The minimum Gasteiger partial charge on any atom is -0.497 e. The molecule has 2 heterocycles. The summed E-state index contributed by atoms with van der Waals surface area (Å²) in [5, 5.41) is 5.44. The molecule has 2 N–H and O–H groups in total. The van der Waals surface area contributed by atoms with Crippen LogP contribution in [-0.4, -0.2) is 50.0 Å². The minimum atomic E-state index is -3.72. The van der Waals surface area contributed by atoms with Gasteiger partial charge in [-0.25, -0.2) is 8.42 Å². The second kappa shape index (κ2) is 9.13. The molecule has 2 aromatic rings. The molecule has 10 heteroatoms. The Hall–Kier alpha value is -2.56. The van der Waals surface area contributed by atoms with Crippen LogP contribution in [0.3, 0.4) is 0 Å². The van der Waals surface area contributed by atoms with Crippen molar-refractivity contribution in [3.05, 3.63) is 42.5 Å². The lowest BCUT2D eigenvalue weighted by Gasteiger charge is -2.31. The molecule has 1 fully saturated rings. The summed E-state index contributed by atoms with van der Waals surface area (Å²) in [5.41, 5.74) is 1.20. The van der Waals surface area contributed by atoms with Crippen molar-refractivity contribution in [3.8, 4) is 5.75 Å². The lowest BCUT2D eigenvalue weighted by atomic mass is 9.97. The number of fused-ring (bicyclic) bond motifs is 1. The predicted molar refractivity (Wildman–Crippen MR) is 123 cm³/mol. The van der Waals surface area contributed by atoms with E-state index in [0.717, 1.165) is 4.90 Å². The maximum atomic E-state index is 13.1. The van der Waals surface area contributed by atoms with Gasteiger partial charge in [-0.3, -0.25) is 9.59 Å². The molecule has 4 rings (SSSR count). The number of nitrogens with zero attached hydrogens (tertiary/aromatic N) is 1. The fraction of sp³-hybridized carbons (Fsp3) is 0.364. The molecular formula is C22H25N3O5S2. The van der Waals surface area contributed by atoms with Gasteiger partial charge in [0, 0.05) is 29.6 Å². The van der Waals surface area contributed by atoms with E-state index in [1.807, 2.05) is 6.92 Å². The average Bonchev–Trinajstić information content (AvgIpc) is 2.80. The molecule has 0 unspecified atom stereocenters. The molecule has 0 aromatic heterocycles. The lowest BCUT2D eigenvalue weighted by molar-refractivity contribution is -0.121. The number of methoxy groups -OCH3 is 1. The van der Waals surface area contributed by atoms with E-state index in [4.69, 9.17) is 4.74 Å². The Morgan fingerprint density at radius 2 is 1.84 bits per heavy atom. The van der Waals surface area contributed by atoms with E-state index in [0.29, 0.717) is 30.0 Å². The van der Waals surface area contributed by atoms with Gasteiger partial charge in [0.05, 0.1) is 22.9 Å². The van der Waals surface area contributed by atoms with Crippen LogP contribution < -0.4 is 15.4 Å². The summed E-state index contributed by atoms with van der Waals surface area (Å²) in [6, 6.07) is 11.9. The largest absolute Gasteiger partial charge is 0.497 e. The number of carbonyl (C=O) groups is 2. The molecule has 0 spiro atoms. The summed E-state index contributed by atoms with van der Waals surface area (Å²) < 4.78 is 32.8. The van der Waals surface area contributed by atoms with Gasteiger partial charge in [0.2, 0.25) is 21.8 Å². The maximum absolute atomic E-state index is 13.1. The lowest BCUT2D eigenvalue weighted by Crippen LogP contribution is -2.41. The van der Waals surface area contributed by atoms with Crippen molar-refractivity contribution in [1.29, 1.82) is 0 Å². The number of thioether (sulfide) groups is 1. The highest BCUT2D eigenvalue weighted by Gasteiger charge is 2.33. The number of benzene rings is 2. The quantitative estimate of drug-likeness (QED) is 0.688. The van der Waals surface area contributed by atoms with Crippen molar-refractivity contribution in [3.63, 3.8) is 0 Å². The molecule has 0 aliphatic carbocycles. The van der Waals surface area contributed by atoms with Gasteiger partial charge in [0.1, 0.15) is 5.75 Å². The summed E-state index contributed by atoms with van der Waals surface area (Å²) in [6.07, 6.45) is 0.881. The number of amides is 2. The number of piperidine rings is 1. The number of ether oxygens (including phenoxy) is 1. The minimum absolute atomic E-state index is 0.116. The number of sulfonamides is 1. The highest BCUT2D eigenvalue weighted by molar-refractivity contribution is 8.01. The molecule has 170 valence electrons. The number of hydrogen-bond donors (Lipinski definition) is 2. The SMILES string of the molecule is COc1ccc(NC(=O)C2CCN(S(=O)(=O)c3ccc4c(c3)NC(=O)[C@@H](C)S4)CC2)cc1. The maximum Gasteiger partial charge on any atom is 0.243 e. The molecule has 2 aromatic carbocycles. The molecule has 2 aliphatic rings. The Kier molecular flexibility index (Phi) is 6.45. The molecule has 8 nitrogen and oxygen atoms in total. The molecule has 1 saturated heterocycles. The highest BCUT2D eigenvalue weighted by atomic mass is 32.2. The van der Waals surface area contributed by atoms with E-state index in [9.17, 15) is 18.0 Å². The standard InChI is InChI=1S/C22H25N3O5S2/c1-14-21(26)24-19-13-18(7-8-20(19)31-14)32(28,29)25-11-9-15(10-12-25)22(27)23-16-3-5-17(30-2)6-4-16/h3-8,13-15H,9-12H2,1-2H3,(H,23,27)(H,24,26)/t14-/m1/s1. The van der Waals surface area contributed by atoms with Crippen molar-refractivity contribution < 1.29 is 22.7 Å². The normalized spacial score (nSPS) is 19.7. The fourth-order valence-corrected chi connectivity index (χ4v) is 6.20. The molecule has 0 saturated carbocycles. The Bertz CT molecular complexity index is 1130. The van der Waals surface area contributed by atoms with Crippen LogP contribution in [0.1, 0.15) is 19.8 Å². The van der Waals surface area contributed by atoms with E-state index < -0.39 is 10.0 Å². The summed E-state index contributed by atoms with van der Waals surface area (Å²) in [6.45, 7) is 2.33. The monoisotopic (exact) mass is 475 g/mol. The summed E-state index contributed by atoms with van der Waals surface area (Å²) in [5.74, 6) is 0.191. The zero-order chi connectivity index (χ0) is 22.9. The van der Waals surface area contributed by atoms with Gasteiger partial charge in [-0.05, 0) is 62.2 Å². The number of anilines is 2. The van der Waals surface area contributed by atoms with Gasteiger partial charge in [0.25, 0.3) is 0 Å². The van der Waals surface area contributed by atoms with Crippen LogP contribution in [0, 0.1) is 5.92 Å². The Morgan fingerprint density at radius 1 is 1.16 bits per heavy atom. The molecule has 0 bridgehead atoms. The fourth-order valence-electron chi connectivity index (χ4n) is 3.77. The van der Waals surface area contributed by atoms with Gasteiger partial charge in [-0.15, -0.1) is 11.8 Å². The average molecular weight is 476 g/mol. The second-order valence-corrected chi connectivity index (χ2v) is 11.1. The highest BCUT2D eigenvalue weighted by Crippen LogP contribution is 2.37. The van der Waals surface area contributed by atoms with E-state index in [2.05, 4.69) is 10.6 Å². The van der Waals surface area contributed by atoms with E-state index in [1.165, 1.54) is 22.1 Å². The first-order valence-electron chi connectivity index (χ1n) is 10.3. The molecule has 2 aliphatic heterocycles. The van der Waals surface area contributed by atoms with E-state index >= 15 is 0 Å². The van der Waals surface area contributed by atoms with Gasteiger partial charge in [-0.1, -0.05) is 0 Å². The van der Waals surface area contributed by atoms with Crippen LogP contribution in [0.4, 0.5) is 11.4 Å². The predicted octanol–water partition coefficient (Wildman–Crippen LogP) is 3.17. The number of nitrogens with one attached hydrogen (secondary N) is 2. The second-order valence-electron chi connectivity index (χ2n) is 7.80. The van der Waals surface area contributed by atoms with Gasteiger partial charge in [0.15, 0.2) is 0 Å². The topological polar surface area (TPSA) is 105 Å². The molecule has 1 atom stereocenters. The van der Waals surface area contributed by atoms with Crippen LogP contribution >= 0.6 is 11.8 Å². The third-order valence-electron chi connectivity index (χ3n) is 5.70. The number of rotatable bonds is 5. The van der Waals surface area contributed by atoms with Crippen molar-refractivity contribution >= 4 is 45.0 Å². The van der Waals surface area contributed by atoms with E-state index in [1.54, 1.807) is 43.5 Å². The molecular weight excluding hydrogens is 450 g/mol. The Balaban J connectivity index is 1.39. The van der Waals surface area contributed by atoms with E-state index in [-0.39, 0.29) is 41.0 Å². The van der Waals surface area contributed by atoms with Crippen LogP contribution in [0.15, 0.2) is 52.3 Å². The van der Waals surface area contributed by atoms with Crippen LogP contribution in [0.2, 0.25) is 0 Å². The first-order valence-corrected chi connectivity index (χ1v) is 12.7. The summed E-state index contributed by atoms with van der Waals surface area (Å²) in [4.78, 5) is 25.6. The third-order valence-corrected chi connectivity index (χ3v) is 8.77. The zero-order valence-corrected chi connectivity index (χ0v) is 19.5. The smallest absolute Gasteiger partial charge is 0.243 e.